The van der Waals surface area contributed by atoms with Crippen molar-refractivity contribution in [2.24, 2.45) is 7.05 Å². The van der Waals surface area contributed by atoms with Gasteiger partial charge >= 0.3 is 0 Å². The normalized spacial score (nSPS) is 15.2. The summed E-state index contributed by atoms with van der Waals surface area (Å²) in [7, 11) is 1.92. The number of nitrogens with two attached hydrogens (primary N) is 1. The molecule has 1 aliphatic carbocycles. The second kappa shape index (κ2) is 4.41. The van der Waals surface area contributed by atoms with E-state index in [9.17, 15) is 0 Å². The van der Waals surface area contributed by atoms with E-state index in [2.05, 4.69) is 43.2 Å². The van der Waals surface area contributed by atoms with Gasteiger partial charge in [-0.3, -0.25) is 4.68 Å². The van der Waals surface area contributed by atoms with Crippen LogP contribution in [0.2, 0.25) is 0 Å². The van der Waals surface area contributed by atoms with Crippen molar-refractivity contribution in [3.8, 4) is 11.1 Å². The van der Waals surface area contributed by atoms with E-state index in [1.165, 1.54) is 29.7 Å². The van der Waals surface area contributed by atoms with E-state index in [1.807, 2.05) is 7.05 Å². The maximum Gasteiger partial charge on any atom is 0.129 e. The number of nitrogen functional groups attached to an aromatic ring is 1. The molecule has 1 saturated carbocycles. The lowest BCUT2D eigenvalue weighted by molar-refractivity contribution is 0.753. The van der Waals surface area contributed by atoms with E-state index in [0.717, 1.165) is 11.4 Å². The molecule has 3 rings (SSSR count). The Bertz CT molecular complexity index is 589. The molecule has 0 atom stereocenters. The summed E-state index contributed by atoms with van der Waals surface area (Å²) in [4.78, 5) is 0. The van der Waals surface area contributed by atoms with Crippen LogP contribution in [-0.2, 0) is 7.05 Å². The summed E-state index contributed by atoms with van der Waals surface area (Å²) in [6.45, 7) is 4.42. The summed E-state index contributed by atoms with van der Waals surface area (Å²) in [6, 6.07) is 8.75. The second-order valence-electron chi connectivity index (χ2n) is 5.82. The Labute approximate surface area is 114 Å². The van der Waals surface area contributed by atoms with Crippen LogP contribution in [0.15, 0.2) is 24.3 Å². The van der Waals surface area contributed by atoms with Crippen molar-refractivity contribution in [1.82, 2.24) is 9.78 Å². The second-order valence-corrected chi connectivity index (χ2v) is 5.82. The van der Waals surface area contributed by atoms with Gasteiger partial charge in [-0.25, -0.2) is 0 Å². The van der Waals surface area contributed by atoms with Gasteiger partial charge in [-0.15, -0.1) is 0 Å². The van der Waals surface area contributed by atoms with Crippen LogP contribution in [0.25, 0.3) is 11.1 Å². The van der Waals surface area contributed by atoms with Crippen LogP contribution in [0.4, 0.5) is 5.82 Å². The molecule has 19 heavy (non-hydrogen) atoms. The smallest absolute Gasteiger partial charge is 0.129 e. The van der Waals surface area contributed by atoms with Gasteiger partial charge in [-0.2, -0.15) is 5.10 Å². The first-order chi connectivity index (χ1) is 9.08. The monoisotopic (exact) mass is 255 g/mol. The highest BCUT2D eigenvalue weighted by Crippen LogP contribution is 2.45. The maximum atomic E-state index is 6.20. The molecule has 0 unspecified atom stereocenters. The molecule has 1 aliphatic rings. The van der Waals surface area contributed by atoms with Crippen LogP contribution in [-0.4, -0.2) is 9.78 Å². The lowest BCUT2D eigenvalue weighted by Gasteiger charge is -2.08. The highest BCUT2D eigenvalue weighted by molar-refractivity contribution is 5.77. The topological polar surface area (TPSA) is 43.8 Å². The molecule has 3 nitrogen and oxygen atoms in total. The predicted octanol–water partition coefficient (Wildman–Crippen LogP) is 3.67. The molecule has 0 radical (unpaired) electrons. The predicted molar refractivity (Wildman–Crippen MR) is 79.1 cm³/mol. The molecule has 0 aliphatic heterocycles. The Kier molecular flexibility index (Phi) is 2.85. The third-order valence-corrected chi connectivity index (χ3v) is 3.95. The van der Waals surface area contributed by atoms with Crippen molar-refractivity contribution in [3.05, 3.63) is 35.5 Å². The molecular weight excluding hydrogens is 234 g/mol. The number of aromatic nitrogens is 2. The average molecular weight is 255 g/mol. The van der Waals surface area contributed by atoms with Gasteiger partial charge in [-0.1, -0.05) is 38.1 Å². The standard InChI is InChI=1S/C16H21N3/c1-10(2)11-4-6-12(7-5-11)14-15(13-8-9-13)18-19(3)16(14)17/h4-7,10,13H,8-9,17H2,1-3H3. The van der Waals surface area contributed by atoms with Crippen molar-refractivity contribution in [2.75, 3.05) is 5.73 Å². The van der Waals surface area contributed by atoms with Gasteiger partial charge in [0.05, 0.1) is 5.69 Å². The molecule has 1 aromatic carbocycles. The zero-order valence-corrected chi connectivity index (χ0v) is 11.9. The molecule has 0 bridgehead atoms. The fourth-order valence-electron chi connectivity index (χ4n) is 2.53. The summed E-state index contributed by atoms with van der Waals surface area (Å²) >= 11 is 0. The van der Waals surface area contributed by atoms with Crippen LogP contribution < -0.4 is 5.73 Å². The summed E-state index contributed by atoms with van der Waals surface area (Å²) < 4.78 is 1.80. The molecule has 0 amide bonds. The quantitative estimate of drug-likeness (QED) is 0.909. The summed E-state index contributed by atoms with van der Waals surface area (Å²) in [5.41, 5.74) is 11.1. The average Bonchev–Trinajstić information content (AvgIpc) is 3.18. The SMILES string of the molecule is CC(C)c1ccc(-c2c(C3CC3)nn(C)c2N)cc1. The Morgan fingerprint density at radius 2 is 1.84 bits per heavy atom. The Hall–Kier alpha value is -1.77. The lowest BCUT2D eigenvalue weighted by atomic mass is 9.98. The van der Waals surface area contributed by atoms with Crippen molar-refractivity contribution in [2.45, 2.75) is 38.5 Å². The summed E-state index contributed by atoms with van der Waals surface area (Å²) in [5.74, 6) is 1.95. The zero-order chi connectivity index (χ0) is 13.6. The Balaban J connectivity index is 2.05. The van der Waals surface area contributed by atoms with Gasteiger partial charge in [0.15, 0.2) is 0 Å². The van der Waals surface area contributed by atoms with E-state index in [0.29, 0.717) is 11.8 Å². The molecule has 2 aromatic rings. The number of hydrogen-bond donors (Lipinski definition) is 1. The van der Waals surface area contributed by atoms with Crippen molar-refractivity contribution >= 4 is 5.82 Å². The highest BCUT2D eigenvalue weighted by atomic mass is 15.3. The third kappa shape index (κ3) is 2.14. The van der Waals surface area contributed by atoms with Crippen LogP contribution in [0, 0.1) is 0 Å². The number of nitrogens with zero attached hydrogens (tertiary/aromatic N) is 2. The molecule has 0 saturated heterocycles. The largest absolute Gasteiger partial charge is 0.383 e. The number of benzene rings is 1. The highest BCUT2D eigenvalue weighted by Gasteiger charge is 2.31. The van der Waals surface area contributed by atoms with Gasteiger partial charge in [-0.05, 0) is 29.9 Å². The van der Waals surface area contributed by atoms with Gasteiger partial charge in [0.2, 0.25) is 0 Å². The molecule has 100 valence electrons. The van der Waals surface area contributed by atoms with E-state index >= 15 is 0 Å². The fraction of sp³-hybridized carbons (Fsp3) is 0.438. The van der Waals surface area contributed by atoms with Crippen molar-refractivity contribution in [1.29, 1.82) is 0 Å². The van der Waals surface area contributed by atoms with Crippen LogP contribution >= 0.6 is 0 Å². The zero-order valence-electron chi connectivity index (χ0n) is 11.9. The molecular formula is C16H21N3. The molecule has 3 heteroatoms. The van der Waals surface area contributed by atoms with Crippen molar-refractivity contribution < 1.29 is 0 Å². The molecule has 0 spiro atoms. The van der Waals surface area contributed by atoms with Crippen LogP contribution in [0.3, 0.4) is 0 Å². The Morgan fingerprint density at radius 1 is 1.21 bits per heavy atom. The van der Waals surface area contributed by atoms with Gasteiger partial charge in [0, 0.05) is 18.5 Å². The first kappa shape index (κ1) is 12.3. The Morgan fingerprint density at radius 3 is 2.37 bits per heavy atom. The summed E-state index contributed by atoms with van der Waals surface area (Å²) in [6.07, 6.45) is 2.49. The lowest BCUT2D eigenvalue weighted by Crippen LogP contribution is -1.98. The minimum absolute atomic E-state index is 0.559. The first-order valence-corrected chi connectivity index (χ1v) is 7.00. The maximum absolute atomic E-state index is 6.20. The number of rotatable bonds is 3. The van der Waals surface area contributed by atoms with Crippen molar-refractivity contribution in [3.63, 3.8) is 0 Å². The third-order valence-electron chi connectivity index (χ3n) is 3.95. The minimum Gasteiger partial charge on any atom is -0.383 e. The van der Waals surface area contributed by atoms with Crippen LogP contribution in [0.1, 0.15) is 49.8 Å². The van der Waals surface area contributed by atoms with Crippen LogP contribution in [0.5, 0.6) is 0 Å². The van der Waals surface area contributed by atoms with E-state index in [4.69, 9.17) is 5.73 Å². The fourth-order valence-corrected chi connectivity index (χ4v) is 2.53. The molecule has 2 N–H and O–H groups in total. The molecule has 1 fully saturated rings. The number of aryl methyl sites for hydroxylation is 1. The molecule has 1 aromatic heterocycles. The van der Waals surface area contributed by atoms with Gasteiger partial charge in [0.25, 0.3) is 0 Å². The first-order valence-electron chi connectivity index (χ1n) is 7.00. The van der Waals surface area contributed by atoms with Gasteiger partial charge in [0.1, 0.15) is 5.82 Å². The van der Waals surface area contributed by atoms with E-state index in [-0.39, 0.29) is 0 Å². The number of anilines is 1. The van der Waals surface area contributed by atoms with Gasteiger partial charge < -0.3 is 5.73 Å². The minimum atomic E-state index is 0.559. The molecule has 1 heterocycles. The number of hydrogen-bond acceptors (Lipinski definition) is 2. The van der Waals surface area contributed by atoms with E-state index in [1.54, 1.807) is 4.68 Å². The summed E-state index contributed by atoms with van der Waals surface area (Å²) in [5, 5.41) is 4.60. The van der Waals surface area contributed by atoms with E-state index < -0.39 is 0 Å².